The van der Waals surface area contributed by atoms with Gasteiger partial charge in [0.15, 0.2) is 5.69 Å². The Kier molecular flexibility index (Phi) is 4.73. The van der Waals surface area contributed by atoms with Crippen LogP contribution in [0.2, 0.25) is 0 Å². The van der Waals surface area contributed by atoms with Gasteiger partial charge in [-0.3, -0.25) is 4.79 Å². The third-order valence-corrected chi connectivity index (χ3v) is 5.16. The monoisotopic (exact) mass is 436 g/mol. The Balaban J connectivity index is 1.76. The standard InChI is InChI=1S/C18H12F4N6OS/c1-27(2)16(29)13-7-23-15(30-13)10-5-9(3-4-11(10)19)12-6-24-17-26-14(18(20,21)22)8-25-28(12)17/h3-8H,1-2H3. The highest BCUT2D eigenvalue weighted by Gasteiger charge is 2.33. The van der Waals surface area contributed by atoms with Gasteiger partial charge in [-0.2, -0.15) is 22.8 Å². The number of rotatable bonds is 3. The molecule has 0 fully saturated rings. The molecule has 0 aliphatic rings. The summed E-state index contributed by atoms with van der Waals surface area (Å²) in [5.41, 5.74) is -0.241. The van der Waals surface area contributed by atoms with Gasteiger partial charge in [-0.15, -0.1) is 11.3 Å². The lowest BCUT2D eigenvalue weighted by Gasteiger charge is -2.07. The number of carbonyl (C=O) groups excluding carboxylic acids is 1. The van der Waals surface area contributed by atoms with Crippen LogP contribution in [0.4, 0.5) is 17.6 Å². The Hall–Kier alpha value is -3.41. The van der Waals surface area contributed by atoms with Crippen LogP contribution in [0.25, 0.3) is 27.6 Å². The summed E-state index contributed by atoms with van der Waals surface area (Å²) >= 11 is 1.03. The predicted molar refractivity (Wildman–Crippen MR) is 100 cm³/mol. The van der Waals surface area contributed by atoms with Crippen molar-refractivity contribution >= 4 is 23.0 Å². The van der Waals surface area contributed by atoms with Gasteiger partial charge in [0.2, 0.25) is 0 Å². The summed E-state index contributed by atoms with van der Waals surface area (Å²) in [6.07, 6.45) is -1.37. The average Bonchev–Trinajstić information content (AvgIpc) is 3.34. The highest BCUT2D eigenvalue weighted by molar-refractivity contribution is 7.16. The fourth-order valence-electron chi connectivity index (χ4n) is 2.67. The molecule has 0 atom stereocenters. The molecule has 1 amide bonds. The summed E-state index contributed by atoms with van der Waals surface area (Å²) in [6, 6.07) is 4.12. The summed E-state index contributed by atoms with van der Waals surface area (Å²) < 4.78 is 54.1. The maximum absolute atomic E-state index is 14.5. The van der Waals surface area contributed by atoms with Crippen molar-refractivity contribution in [3.8, 4) is 21.8 Å². The largest absolute Gasteiger partial charge is 0.435 e. The van der Waals surface area contributed by atoms with Crippen molar-refractivity contribution < 1.29 is 22.4 Å². The van der Waals surface area contributed by atoms with Gasteiger partial charge in [-0.1, -0.05) is 0 Å². The van der Waals surface area contributed by atoms with Gasteiger partial charge in [0.1, 0.15) is 15.7 Å². The first-order valence-corrected chi connectivity index (χ1v) is 9.22. The van der Waals surface area contributed by atoms with Gasteiger partial charge in [-0.25, -0.2) is 19.3 Å². The smallest absolute Gasteiger partial charge is 0.344 e. The molecule has 0 saturated carbocycles. The Labute approximate surface area is 170 Å². The third-order valence-electron chi connectivity index (χ3n) is 4.14. The van der Waals surface area contributed by atoms with Crippen LogP contribution in [-0.4, -0.2) is 49.5 Å². The van der Waals surface area contributed by atoms with Gasteiger partial charge in [0.25, 0.3) is 11.7 Å². The lowest BCUT2D eigenvalue weighted by Crippen LogP contribution is -2.20. The molecule has 3 aromatic heterocycles. The molecule has 0 spiro atoms. The van der Waals surface area contributed by atoms with Crippen molar-refractivity contribution in [1.29, 1.82) is 0 Å². The van der Waals surface area contributed by atoms with Crippen molar-refractivity contribution in [2.75, 3.05) is 14.1 Å². The fraction of sp³-hybridized carbons (Fsp3) is 0.167. The molecule has 154 valence electrons. The number of benzene rings is 1. The van der Waals surface area contributed by atoms with E-state index in [4.69, 9.17) is 0 Å². The molecule has 7 nitrogen and oxygen atoms in total. The lowest BCUT2D eigenvalue weighted by molar-refractivity contribution is -0.141. The van der Waals surface area contributed by atoms with E-state index in [2.05, 4.69) is 20.1 Å². The maximum Gasteiger partial charge on any atom is 0.435 e. The number of carbonyl (C=O) groups is 1. The van der Waals surface area contributed by atoms with Crippen LogP contribution in [0, 0.1) is 5.82 Å². The van der Waals surface area contributed by atoms with E-state index >= 15 is 0 Å². The molecule has 0 saturated heterocycles. The number of thiazole rings is 1. The predicted octanol–water partition coefficient (Wildman–Crippen LogP) is 3.77. The molecular weight excluding hydrogens is 424 g/mol. The van der Waals surface area contributed by atoms with Gasteiger partial charge >= 0.3 is 6.18 Å². The van der Waals surface area contributed by atoms with Crippen LogP contribution < -0.4 is 0 Å². The van der Waals surface area contributed by atoms with E-state index in [1.54, 1.807) is 14.1 Å². The molecular formula is C18H12F4N6OS. The Morgan fingerprint density at radius 1 is 1.13 bits per heavy atom. The molecule has 0 aliphatic carbocycles. The Morgan fingerprint density at radius 2 is 1.90 bits per heavy atom. The summed E-state index contributed by atoms with van der Waals surface area (Å²) in [5, 5.41) is 4.06. The molecule has 0 radical (unpaired) electrons. The molecule has 30 heavy (non-hydrogen) atoms. The van der Waals surface area contributed by atoms with Crippen LogP contribution in [0.15, 0.2) is 36.8 Å². The second-order valence-electron chi connectivity index (χ2n) is 6.42. The summed E-state index contributed by atoms with van der Waals surface area (Å²) in [4.78, 5) is 25.3. The van der Waals surface area contributed by atoms with E-state index in [9.17, 15) is 22.4 Å². The SMILES string of the molecule is CN(C)C(=O)c1cnc(-c2cc(-c3cnc4nc(C(F)(F)F)cnn34)ccc2F)s1. The molecule has 12 heteroatoms. The molecule has 3 heterocycles. The van der Waals surface area contributed by atoms with E-state index in [0.29, 0.717) is 27.3 Å². The zero-order valence-corrected chi connectivity index (χ0v) is 16.3. The first-order valence-electron chi connectivity index (χ1n) is 8.41. The molecule has 0 N–H and O–H groups in total. The fourth-order valence-corrected chi connectivity index (χ4v) is 3.63. The van der Waals surface area contributed by atoms with Gasteiger partial charge in [0, 0.05) is 25.2 Å². The molecule has 0 unspecified atom stereocenters. The van der Waals surface area contributed by atoms with Crippen molar-refractivity contribution in [3.63, 3.8) is 0 Å². The normalized spacial score (nSPS) is 11.8. The van der Waals surface area contributed by atoms with E-state index in [1.165, 1.54) is 35.5 Å². The van der Waals surface area contributed by atoms with Crippen LogP contribution in [0.3, 0.4) is 0 Å². The number of fused-ring (bicyclic) bond motifs is 1. The number of alkyl halides is 3. The quantitative estimate of drug-likeness (QED) is 0.457. The zero-order chi connectivity index (χ0) is 21.6. The van der Waals surface area contributed by atoms with Crippen LogP contribution in [0.1, 0.15) is 15.4 Å². The second kappa shape index (κ2) is 7.13. The first-order chi connectivity index (χ1) is 14.1. The summed E-state index contributed by atoms with van der Waals surface area (Å²) in [7, 11) is 3.19. The Morgan fingerprint density at radius 3 is 2.60 bits per heavy atom. The van der Waals surface area contributed by atoms with Gasteiger partial charge in [0.05, 0.1) is 24.3 Å². The molecule has 4 aromatic rings. The number of halogens is 4. The van der Waals surface area contributed by atoms with Crippen molar-refractivity contribution in [2.24, 2.45) is 0 Å². The van der Waals surface area contributed by atoms with Crippen LogP contribution >= 0.6 is 11.3 Å². The minimum Gasteiger partial charge on any atom is -0.344 e. The van der Waals surface area contributed by atoms with Crippen LogP contribution in [0.5, 0.6) is 0 Å². The third kappa shape index (κ3) is 3.49. The van der Waals surface area contributed by atoms with Crippen molar-refractivity contribution in [3.05, 3.63) is 53.2 Å². The Bertz CT molecular complexity index is 1260. The van der Waals surface area contributed by atoms with Crippen molar-refractivity contribution in [2.45, 2.75) is 6.18 Å². The number of hydrogen-bond donors (Lipinski definition) is 0. The average molecular weight is 436 g/mol. The van der Waals surface area contributed by atoms with Gasteiger partial charge < -0.3 is 4.90 Å². The molecule has 0 bridgehead atoms. The van der Waals surface area contributed by atoms with E-state index in [1.807, 2.05) is 0 Å². The lowest BCUT2D eigenvalue weighted by atomic mass is 10.1. The topological polar surface area (TPSA) is 76.3 Å². The van der Waals surface area contributed by atoms with E-state index in [0.717, 1.165) is 15.9 Å². The maximum atomic E-state index is 14.5. The number of nitrogens with zero attached hydrogens (tertiary/aromatic N) is 6. The number of amides is 1. The van der Waals surface area contributed by atoms with Gasteiger partial charge in [-0.05, 0) is 18.2 Å². The highest BCUT2D eigenvalue weighted by atomic mass is 32.1. The second-order valence-corrected chi connectivity index (χ2v) is 7.45. The summed E-state index contributed by atoms with van der Waals surface area (Å²) in [6.45, 7) is 0. The minimum absolute atomic E-state index is 0.144. The first kappa shape index (κ1) is 19.9. The van der Waals surface area contributed by atoms with E-state index in [-0.39, 0.29) is 17.2 Å². The summed E-state index contributed by atoms with van der Waals surface area (Å²) in [5.74, 6) is -1.05. The number of hydrogen-bond acceptors (Lipinski definition) is 6. The number of aromatic nitrogens is 5. The number of imidazole rings is 1. The van der Waals surface area contributed by atoms with Crippen LogP contribution in [-0.2, 0) is 6.18 Å². The highest BCUT2D eigenvalue weighted by Crippen LogP contribution is 2.32. The van der Waals surface area contributed by atoms with E-state index < -0.39 is 17.7 Å². The van der Waals surface area contributed by atoms with Crippen molar-refractivity contribution in [1.82, 2.24) is 29.5 Å². The molecule has 0 aliphatic heterocycles. The minimum atomic E-state index is -4.64. The zero-order valence-electron chi connectivity index (χ0n) is 15.5. The molecule has 4 rings (SSSR count). The molecule has 1 aromatic carbocycles.